The van der Waals surface area contributed by atoms with Crippen LogP contribution in [0.5, 0.6) is 5.75 Å². The summed E-state index contributed by atoms with van der Waals surface area (Å²) in [6.07, 6.45) is 5.43. The van der Waals surface area contributed by atoms with E-state index in [-0.39, 0.29) is 11.5 Å². The molecule has 2 nitrogen and oxygen atoms in total. The Balaban J connectivity index is 1.78. The highest BCUT2D eigenvalue weighted by molar-refractivity contribution is 9.09. The molecule has 3 heteroatoms. The molecule has 22 heavy (non-hydrogen) atoms. The van der Waals surface area contributed by atoms with E-state index >= 15 is 0 Å². The number of aromatic hydroxyl groups is 1. The number of aliphatic hydroxyl groups excluding tert-OH is 1. The van der Waals surface area contributed by atoms with Crippen LogP contribution in [0.25, 0.3) is 0 Å². The highest BCUT2D eigenvalue weighted by atomic mass is 79.9. The van der Waals surface area contributed by atoms with Gasteiger partial charge < -0.3 is 10.2 Å². The van der Waals surface area contributed by atoms with Crippen molar-refractivity contribution in [2.24, 2.45) is 23.2 Å². The van der Waals surface area contributed by atoms with Crippen LogP contribution in [0.2, 0.25) is 0 Å². The molecule has 3 aliphatic rings. The lowest BCUT2D eigenvalue weighted by atomic mass is 9.52. The molecule has 1 aromatic carbocycles. The van der Waals surface area contributed by atoms with Crippen LogP contribution in [-0.4, -0.2) is 21.6 Å². The largest absolute Gasteiger partial charge is 0.508 e. The number of aliphatic hydroxyl groups is 1. The van der Waals surface area contributed by atoms with E-state index < -0.39 is 0 Å². The number of phenols is 1. The standard InChI is InChI=1S/C19H25BrO2/c1-19-9-12(10-20)18-14-5-3-13(21)8-11(14)2-4-15(18)16(19)6-7-17(19)22/h3,5,8,12,15-18,21-22H,2,4,6-7,9-10H2,1H3/t12?,15-,16-,17-,18+,19-/m0/s1. The Hall–Kier alpha value is -0.540. The van der Waals surface area contributed by atoms with Crippen LogP contribution in [0, 0.1) is 23.2 Å². The van der Waals surface area contributed by atoms with Crippen molar-refractivity contribution in [3.8, 4) is 5.75 Å². The summed E-state index contributed by atoms with van der Waals surface area (Å²) in [6.45, 7) is 2.33. The molecule has 2 fully saturated rings. The number of hydrogen-bond acceptors (Lipinski definition) is 2. The first-order valence-electron chi connectivity index (χ1n) is 8.60. The van der Waals surface area contributed by atoms with E-state index in [1.807, 2.05) is 12.1 Å². The maximum absolute atomic E-state index is 10.6. The maximum Gasteiger partial charge on any atom is 0.115 e. The van der Waals surface area contributed by atoms with E-state index in [9.17, 15) is 10.2 Å². The van der Waals surface area contributed by atoms with Crippen molar-refractivity contribution in [2.45, 2.75) is 51.0 Å². The first-order valence-corrected chi connectivity index (χ1v) is 9.72. The van der Waals surface area contributed by atoms with E-state index in [0.717, 1.165) is 24.6 Å². The molecule has 6 atom stereocenters. The third-order valence-electron chi connectivity index (χ3n) is 6.98. The van der Waals surface area contributed by atoms with E-state index in [1.54, 1.807) is 0 Å². The number of alkyl halides is 1. The fraction of sp³-hybridized carbons (Fsp3) is 0.684. The molecule has 0 amide bonds. The Bertz CT molecular complexity index is 587. The summed E-state index contributed by atoms with van der Waals surface area (Å²) in [5, 5.41) is 21.4. The lowest BCUT2D eigenvalue weighted by Crippen LogP contribution is -2.48. The van der Waals surface area contributed by atoms with Crippen molar-refractivity contribution >= 4 is 15.9 Å². The van der Waals surface area contributed by atoms with Gasteiger partial charge in [0, 0.05) is 5.33 Å². The van der Waals surface area contributed by atoms with Crippen LogP contribution in [0.4, 0.5) is 0 Å². The van der Waals surface area contributed by atoms with Crippen LogP contribution in [0.3, 0.4) is 0 Å². The van der Waals surface area contributed by atoms with Crippen molar-refractivity contribution in [3.63, 3.8) is 0 Å². The number of aryl methyl sites for hydroxylation is 1. The smallest absolute Gasteiger partial charge is 0.115 e. The van der Waals surface area contributed by atoms with Crippen molar-refractivity contribution in [3.05, 3.63) is 29.3 Å². The van der Waals surface area contributed by atoms with Gasteiger partial charge in [-0.05, 0) is 84.5 Å². The van der Waals surface area contributed by atoms with E-state index in [1.165, 1.54) is 24.0 Å². The SMILES string of the molecule is C[C@]12CC(CBr)[C@@H]3c4ccc(O)cc4CC[C@H]3[C@@H]1CC[C@@H]2O. The van der Waals surface area contributed by atoms with Crippen molar-refractivity contribution in [2.75, 3.05) is 5.33 Å². The Morgan fingerprint density at radius 2 is 2.09 bits per heavy atom. The Morgan fingerprint density at radius 1 is 1.27 bits per heavy atom. The quantitative estimate of drug-likeness (QED) is 0.732. The fourth-order valence-corrected chi connectivity index (χ4v) is 6.63. The number of phenolic OH excluding ortho intramolecular Hbond substituents is 1. The lowest BCUT2D eigenvalue weighted by molar-refractivity contribution is -0.0429. The Morgan fingerprint density at radius 3 is 2.86 bits per heavy atom. The van der Waals surface area contributed by atoms with Gasteiger partial charge in [0.15, 0.2) is 0 Å². The van der Waals surface area contributed by atoms with Crippen molar-refractivity contribution in [1.29, 1.82) is 0 Å². The van der Waals surface area contributed by atoms with Crippen LogP contribution < -0.4 is 0 Å². The molecule has 0 saturated heterocycles. The van der Waals surface area contributed by atoms with Gasteiger partial charge in [0.2, 0.25) is 0 Å². The summed E-state index contributed by atoms with van der Waals surface area (Å²) < 4.78 is 0. The number of hydrogen-bond donors (Lipinski definition) is 2. The van der Waals surface area contributed by atoms with Crippen molar-refractivity contribution < 1.29 is 10.2 Å². The molecule has 120 valence electrons. The molecule has 0 spiro atoms. The van der Waals surface area contributed by atoms with Gasteiger partial charge in [-0.15, -0.1) is 0 Å². The van der Waals surface area contributed by atoms with Gasteiger partial charge in [0.25, 0.3) is 0 Å². The molecule has 2 saturated carbocycles. The van der Waals surface area contributed by atoms with Crippen LogP contribution in [0.1, 0.15) is 49.7 Å². The summed E-state index contributed by atoms with van der Waals surface area (Å²) in [5.41, 5.74) is 2.91. The first-order chi connectivity index (χ1) is 10.5. The van der Waals surface area contributed by atoms with Crippen molar-refractivity contribution in [1.82, 2.24) is 0 Å². The van der Waals surface area contributed by atoms with E-state index in [0.29, 0.717) is 29.4 Å². The normalized spacial score (nSPS) is 43.3. The minimum atomic E-state index is -0.124. The first kappa shape index (κ1) is 15.0. The highest BCUT2D eigenvalue weighted by Crippen LogP contribution is 2.63. The summed E-state index contributed by atoms with van der Waals surface area (Å²) in [6, 6.07) is 5.98. The third-order valence-corrected chi connectivity index (χ3v) is 7.81. The number of benzene rings is 1. The molecular formula is C19H25BrO2. The van der Waals surface area contributed by atoms with Crippen LogP contribution in [-0.2, 0) is 6.42 Å². The van der Waals surface area contributed by atoms with Gasteiger partial charge in [-0.3, -0.25) is 0 Å². The second-order valence-corrected chi connectivity index (χ2v) is 8.58. The Labute approximate surface area is 141 Å². The van der Waals surface area contributed by atoms with Crippen LogP contribution >= 0.6 is 15.9 Å². The van der Waals surface area contributed by atoms with Gasteiger partial charge >= 0.3 is 0 Å². The van der Waals surface area contributed by atoms with Gasteiger partial charge in [-0.1, -0.05) is 28.9 Å². The third kappa shape index (κ3) is 2.01. The monoisotopic (exact) mass is 364 g/mol. The minimum absolute atomic E-state index is 0.105. The zero-order chi connectivity index (χ0) is 15.5. The highest BCUT2D eigenvalue weighted by Gasteiger charge is 2.57. The average Bonchev–Trinajstić information content (AvgIpc) is 2.81. The van der Waals surface area contributed by atoms with Gasteiger partial charge in [0.05, 0.1) is 6.10 Å². The van der Waals surface area contributed by atoms with Crippen LogP contribution in [0.15, 0.2) is 18.2 Å². The summed E-state index contributed by atoms with van der Waals surface area (Å²) in [4.78, 5) is 0. The molecule has 1 unspecified atom stereocenters. The molecule has 2 N–H and O–H groups in total. The fourth-order valence-electron chi connectivity index (χ4n) is 6.00. The molecule has 0 radical (unpaired) electrons. The van der Waals surface area contributed by atoms with Gasteiger partial charge in [-0.2, -0.15) is 0 Å². The molecule has 0 bridgehead atoms. The molecule has 0 heterocycles. The molecule has 4 rings (SSSR count). The summed E-state index contributed by atoms with van der Waals surface area (Å²) >= 11 is 3.75. The molecule has 3 aliphatic carbocycles. The molecule has 0 aliphatic heterocycles. The second-order valence-electron chi connectivity index (χ2n) is 7.94. The lowest BCUT2D eigenvalue weighted by Gasteiger charge is -2.53. The second kappa shape index (κ2) is 5.24. The predicted molar refractivity (Wildman–Crippen MR) is 91.4 cm³/mol. The minimum Gasteiger partial charge on any atom is -0.508 e. The number of rotatable bonds is 1. The average molecular weight is 365 g/mol. The topological polar surface area (TPSA) is 40.5 Å². The summed E-state index contributed by atoms with van der Waals surface area (Å²) in [7, 11) is 0. The van der Waals surface area contributed by atoms with Gasteiger partial charge in [0.1, 0.15) is 5.75 Å². The zero-order valence-electron chi connectivity index (χ0n) is 13.1. The molecular weight excluding hydrogens is 340 g/mol. The number of halogens is 1. The Kier molecular flexibility index (Phi) is 3.58. The predicted octanol–water partition coefficient (Wildman–Crippen LogP) is 4.23. The summed E-state index contributed by atoms with van der Waals surface area (Å²) in [5.74, 6) is 2.92. The molecule has 1 aromatic rings. The van der Waals surface area contributed by atoms with Gasteiger partial charge in [-0.25, -0.2) is 0 Å². The maximum atomic E-state index is 10.6. The van der Waals surface area contributed by atoms with E-state index in [4.69, 9.17) is 0 Å². The molecule has 0 aromatic heterocycles. The number of fused-ring (bicyclic) bond motifs is 5. The van der Waals surface area contributed by atoms with E-state index in [2.05, 4.69) is 28.9 Å². The zero-order valence-corrected chi connectivity index (χ0v) is 14.7.